The molecule has 3 aromatic rings. The average molecular weight is 447 g/mol. The molecule has 0 radical (unpaired) electrons. The van der Waals surface area contributed by atoms with Crippen LogP contribution in [-0.2, 0) is 11.3 Å². The highest BCUT2D eigenvalue weighted by molar-refractivity contribution is 9.10. The third-order valence-corrected chi connectivity index (χ3v) is 4.48. The minimum absolute atomic E-state index is 0.113. The van der Waals surface area contributed by atoms with Crippen LogP contribution in [-0.4, -0.2) is 42.3 Å². The summed E-state index contributed by atoms with van der Waals surface area (Å²) < 4.78 is 14.6. The van der Waals surface area contributed by atoms with Crippen LogP contribution in [0.15, 0.2) is 46.9 Å². The molecule has 0 atom stereocenters. The Bertz CT molecular complexity index is 1030. The Morgan fingerprint density at radius 1 is 1.18 bits per heavy atom. The molecule has 0 saturated carbocycles. The molecule has 6 nitrogen and oxygen atoms in total. The van der Waals surface area contributed by atoms with E-state index in [9.17, 15) is 14.0 Å². The summed E-state index contributed by atoms with van der Waals surface area (Å²) in [5.41, 5.74) is 2.32. The Labute approximate surface area is 170 Å². The molecular formula is C20H20BrFN4O2. The number of H-pyrrole nitrogens is 1. The fraction of sp³-hybridized carbons (Fsp3) is 0.200. The molecule has 0 bridgehead atoms. The number of carbonyl (C=O) groups is 2. The number of carbonyl (C=O) groups excluding carboxylic acids is 2. The minimum atomic E-state index is -0.402. The molecule has 0 spiro atoms. The van der Waals surface area contributed by atoms with Gasteiger partial charge >= 0.3 is 0 Å². The molecular weight excluding hydrogens is 427 g/mol. The van der Waals surface area contributed by atoms with Gasteiger partial charge in [-0.3, -0.25) is 9.59 Å². The number of fused-ring (bicyclic) bond motifs is 1. The fourth-order valence-electron chi connectivity index (χ4n) is 2.81. The van der Waals surface area contributed by atoms with Crippen LogP contribution in [0.2, 0.25) is 0 Å². The number of nitrogens with zero attached hydrogens (tertiary/aromatic N) is 1. The summed E-state index contributed by atoms with van der Waals surface area (Å²) in [6.07, 6.45) is 0. The smallest absolute Gasteiger partial charge is 0.267 e. The summed E-state index contributed by atoms with van der Waals surface area (Å²) in [5, 5.41) is 5.97. The van der Waals surface area contributed by atoms with Gasteiger partial charge < -0.3 is 20.5 Å². The molecule has 0 aliphatic rings. The third kappa shape index (κ3) is 4.96. The highest BCUT2D eigenvalue weighted by Gasteiger charge is 2.13. The van der Waals surface area contributed by atoms with Gasteiger partial charge in [-0.25, -0.2) is 4.39 Å². The lowest BCUT2D eigenvalue weighted by Gasteiger charge is -2.11. The van der Waals surface area contributed by atoms with Crippen LogP contribution in [0.3, 0.4) is 0 Å². The SMILES string of the molecule is CN(C)CC(=O)Nc1cccc(CNC(=O)c2cc3c(F)cc(Br)cc3[nH]2)c1. The molecule has 0 aliphatic carbocycles. The first-order valence-corrected chi connectivity index (χ1v) is 9.40. The van der Waals surface area contributed by atoms with E-state index >= 15 is 0 Å². The summed E-state index contributed by atoms with van der Waals surface area (Å²) in [5.74, 6) is -0.855. The van der Waals surface area contributed by atoms with Crippen molar-refractivity contribution in [1.82, 2.24) is 15.2 Å². The molecule has 0 fully saturated rings. The Kier molecular flexibility index (Phi) is 6.11. The molecule has 1 aromatic heterocycles. The van der Waals surface area contributed by atoms with Crippen LogP contribution in [0, 0.1) is 5.82 Å². The van der Waals surface area contributed by atoms with E-state index in [0.717, 1.165) is 5.56 Å². The van der Waals surface area contributed by atoms with Gasteiger partial charge in [-0.2, -0.15) is 0 Å². The molecule has 8 heteroatoms. The molecule has 146 valence electrons. The lowest BCUT2D eigenvalue weighted by atomic mass is 10.2. The number of rotatable bonds is 6. The van der Waals surface area contributed by atoms with Crippen molar-refractivity contribution in [3.63, 3.8) is 0 Å². The second kappa shape index (κ2) is 8.53. The number of aromatic amines is 1. The molecule has 3 N–H and O–H groups in total. The monoisotopic (exact) mass is 446 g/mol. The topological polar surface area (TPSA) is 77.2 Å². The zero-order valence-corrected chi connectivity index (χ0v) is 17.1. The van der Waals surface area contributed by atoms with Crippen molar-refractivity contribution in [2.24, 2.45) is 0 Å². The van der Waals surface area contributed by atoms with Crippen LogP contribution >= 0.6 is 15.9 Å². The van der Waals surface area contributed by atoms with Crippen LogP contribution in [0.1, 0.15) is 16.1 Å². The summed E-state index contributed by atoms with van der Waals surface area (Å²) >= 11 is 3.23. The zero-order chi connectivity index (χ0) is 20.3. The molecule has 1 heterocycles. The first-order chi connectivity index (χ1) is 13.3. The number of anilines is 1. The maximum atomic E-state index is 14.0. The Morgan fingerprint density at radius 2 is 1.96 bits per heavy atom. The molecule has 2 amide bonds. The first kappa shape index (κ1) is 20.0. The van der Waals surface area contributed by atoms with Crippen LogP contribution < -0.4 is 10.6 Å². The van der Waals surface area contributed by atoms with Crippen LogP contribution in [0.25, 0.3) is 10.9 Å². The maximum Gasteiger partial charge on any atom is 0.267 e. The number of hydrogen-bond acceptors (Lipinski definition) is 3. The van der Waals surface area contributed by atoms with E-state index in [4.69, 9.17) is 0 Å². The van der Waals surface area contributed by atoms with Gasteiger partial charge in [-0.15, -0.1) is 0 Å². The van der Waals surface area contributed by atoms with Gasteiger partial charge in [0.05, 0.1) is 12.1 Å². The van der Waals surface area contributed by atoms with Crippen LogP contribution in [0.5, 0.6) is 0 Å². The predicted molar refractivity (Wildman–Crippen MR) is 111 cm³/mol. The average Bonchev–Trinajstić information content (AvgIpc) is 3.03. The number of likely N-dealkylation sites (N-methyl/N-ethyl adjacent to an activating group) is 1. The summed E-state index contributed by atoms with van der Waals surface area (Å²) in [7, 11) is 3.64. The predicted octanol–water partition coefficient (Wildman–Crippen LogP) is 3.50. The number of halogens is 2. The highest BCUT2D eigenvalue weighted by Crippen LogP contribution is 2.24. The highest BCUT2D eigenvalue weighted by atomic mass is 79.9. The maximum absolute atomic E-state index is 14.0. The molecule has 0 unspecified atom stereocenters. The largest absolute Gasteiger partial charge is 0.350 e. The summed E-state index contributed by atoms with van der Waals surface area (Å²) in [6, 6.07) is 11.8. The number of benzene rings is 2. The van der Waals surface area contributed by atoms with Crippen molar-refractivity contribution < 1.29 is 14.0 Å². The van der Waals surface area contributed by atoms with E-state index in [1.165, 1.54) is 12.1 Å². The lowest BCUT2D eigenvalue weighted by molar-refractivity contribution is -0.116. The Morgan fingerprint density at radius 3 is 2.71 bits per heavy atom. The number of amides is 2. The number of nitrogens with one attached hydrogen (secondary N) is 3. The Balaban J connectivity index is 1.65. The van der Waals surface area contributed by atoms with Gasteiger partial charge in [-0.1, -0.05) is 28.1 Å². The van der Waals surface area contributed by atoms with Gasteiger partial charge in [0.25, 0.3) is 5.91 Å². The molecule has 2 aromatic carbocycles. The van der Waals surface area contributed by atoms with E-state index in [-0.39, 0.29) is 30.6 Å². The minimum Gasteiger partial charge on any atom is -0.350 e. The van der Waals surface area contributed by atoms with Crippen LogP contribution in [0.4, 0.5) is 10.1 Å². The first-order valence-electron chi connectivity index (χ1n) is 8.61. The fourth-order valence-corrected chi connectivity index (χ4v) is 3.24. The quantitative estimate of drug-likeness (QED) is 0.542. The molecule has 0 aliphatic heterocycles. The van der Waals surface area contributed by atoms with Crippen molar-refractivity contribution in [2.75, 3.05) is 26.0 Å². The van der Waals surface area contributed by atoms with Crippen molar-refractivity contribution in [3.05, 3.63) is 64.0 Å². The zero-order valence-electron chi connectivity index (χ0n) is 15.5. The van der Waals surface area contributed by atoms with Crippen molar-refractivity contribution >= 4 is 44.3 Å². The second-order valence-electron chi connectivity index (χ2n) is 6.70. The normalized spacial score (nSPS) is 11.0. The lowest BCUT2D eigenvalue weighted by Crippen LogP contribution is -2.27. The van der Waals surface area contributed by atoms with Gasteiger partial charge in [0.15, 0.2) is 0 Å². The summed E-state index contributed by atoms with van der Waals surface area (Å²) in [4.78, 5) is 29.0. The third-order valence-electron chi connectivity index (χ3n) is 4.02. The molecule has 0 saturated heterocycles. The van der Waals surface area contributed by atoms with Gasteiger partial charge in [0.1, 0.15) is 11.5 Å². The Hall–Kier alpha value is -2.71. The van der Waals surface area contributed by atoms with Gasteiger partial charge in [0.2, 0.25) is 5.91 Å². The molecule has 28 heavy (non-hydrogen) atoms. The van der Waals surface area contributed by atoms with Crippen molar-refractivity contribution in [3.8, 4) is 0 Å². The second-order valence-corrected chi connectivity index (χ2v) is 7.62. The van der Waals surface area contributed by atoms with E-state index in [0.29, 0.717) is 21.1 Å². The molecule has 3 rings (SSSR count). The van der Waals surface area contributed by atoms with Crippen molar-refractivity contribution in [1.29, 1.82) is 0 Å². The van der Waals surface area contributed by atoms with Gasteiger partial charge in [0, 0.05) is 22.1 Å². The summed E-state index contributed by atoms with van der Waals surface area (Å²) in [6.45, 7) is 0.561. The standard InChI is InChI=1S/C20H20BrFN4O2/c1-26(2)11-19(27)24-14-5-3-4-12(6-14)10-23-20(28)18-9-15-16(22)7-13(21)8-17(15)25-18/h3-9,25H,10-11H2,1-2H3,(H,23,28)(H,24,27). The van der Waals surface area contributed by atoms with E-state index in [2.05, 4.69) is 31.5 Å². The van der Waals surface area contributed by atoms with Gasteiger partial charge in [-0.05, 0) is 50.0 Å². The number of hydrogen-bond donors (Lipinski definition) is 3. The van der Waals surface area contributed by atoms with Crippen molar-refractivity contribution in [2.45, 2.75) is 6.54 Å². The van der Waals surface area contributed by atoms with E-state index in [1.807, 2.05) is 26.2 Å². The number of aromatic nitrogens is 1. The van der Waals surface area contributed by atoms with E-state index < -0.39 is 5.82 Å². The van der Waals surface area contributed by atoms with E-state index in [1.54, 1.807) is 23.1 Å².